The molecule has 0 amide bonds. The molecular formula is C13H25N3. The van der Waals surface area contributed by atoms with Gasteiger partial charge in [0.25, 0.3) is 0 Å². The molecule has 0 spiro atoms. The molecule has 1 aromatic heterocycles. The van der Waals surface area contributed by atoms with Gasteiger partial charge in [0.15, 0.2) is 0 Å². The summed E-state index contributed by atoms with van der Waals surface area (Å²) in [6.45, 7) is 7.59. The van der Waals surface area contributed by atoms with E-state index in [1.165, 1.54) is 25.7 Å². The van der Waals surface area contributed by atoms with Crippen LogP contribution in [0.25, 0.3) is 0 Å². The molecule has 1 aromatic rings. The SMILES string of the molecule is CCCCC(CC)Cn1cncc1C(C)N. The van der Waals surface area contributed by atoms with Crippen LogP contribution in [0.15, 0.2) is 12.5 Å². The molecule has 92 valence electrons. The second-order valence-electron chi connectivity index (χ2n) is 4.68. The van der Waals surface area contributed by atoms with Crippen molar-refractivity contribution in [2.45, 2.75) is 59.0 Å². The van der Waals surface area contributed by atoms with Crippen LogP contribution in [-0.2, 0) is 6.54 Å². The minimum Gasteiger partial charge on any atom is -0.333 e. The van der Waals surface area contributed by atoms with E-state index in [1.807, 2.05) is 19.4 Å². The first kappa shape index (κ1) is 13.2. The summed E-state index contributed by atoms with van der Waals surface area (Å²) in [5.74, 6) is 0.756. The molecule has 1 rings (SSSR count). The van der Waals surface area contributed by atoms with E-state index in [0.717, 1.165) is 18.2 Å². The topological polar surface area (TPSA) is 43.8 Å². The number of nitrogens with zero attached hydrogens (tertiary/aromatic N) is 2. The van der Waals surface area contributed by atoms with Crippen molar-refractivity contribution in [1.82, 2.24) is 9.55 Å². The number of aromatic nitrogens is 2. The molecular weight excluding hydrogens is 198 g/mol. The van der Waals surface area contributed by atoms with Gasteiger partial charge in [0.1, 0.15) is 0 Å². The molecule has 0 aromatic carbocycles. The Labute approximate surface area is 99.1 Å². The summed E-state index contributed by atoms with van der Waals surface area (Å²) in [5, 5.41) is 0. The van der Waals surface area contributed by atoms with Crippen molar-refractivity contribution < 1.29 is 0 Å². The maximum absolute atomic E-state index is 5.92. The summed E-state index contributed by atoms with van der Waals surface area (Å²) in [5.41, 5.74) is 7.06. The molecule has 0 saturated carbocycles. The molecule has 1 heterocycles. The van der Waals surface area contributed by atoms with Gasteiger partial charge in [-0.15, -0.1) is 0 Å². The maximum Gasteiger partial charge on any atom is 0.0948 e. The zero-order valence-electron chi connectivity index (χ0n) is 10.8. The lowest BCUT2D eigenvalue weighted by atomic mass is 9.99. The Morgan fingerprint density at radius 1 is 1.44 bits per heavy atom. The predicted molar refractivity (Wildman–Crippen MR) is 68.1 cm³/mol. The van der Waals surface area contributed by atoms with E-state index in [0.29, 0.717) is 0 Å². The Hall–Kier alpha value is -0.830. The van der Waals surface area contributed by atoms with Gasteiger partial charge in [-0.2, -0.15) is 0 Å². The Morgan fingerprint density at radius 3 is 2.75 bits per heavy atom. The van der Waals surface area contributed by atoms with Gasteiger partial charge in [-0.05, 0) is 19.3 Å². The van der Waals surface area contributed by atoms with E-state index in [2.05, 4.69) is 23.4 Å². The molecule has 3 heteroatoms. The first-order valence-corrected chi connectivity index (χ1v) is 6.44. The van der Waals surface area contributed by atoms with Crippen molar-refractivity contribution in [3.05, 3.63) is 18.2 Å². The average Bonchev–Trinajstić information content (AvgIpc) is 2.72. The van der Waals surface area contributed by atoms with Gasteiger partial charge in [-0.3, -0.25) is 0 Å². The summed E-state index contributed by atoms with van der Waals surface area (Å²) >= 11 is 0. The average molecular weight is 223 g/mol. The van der Waals surface area contributed by atoms with Crippen molar-refractivity contribution in [3.8, 4) is 0 Å². The molecule has 2 N–H and O–H groups in total. The molecule has 0 aliphatic carbocycles. The number of hydrogen-bond acceptors (Lipinski definition) is 2. The van der Waals surface area contributed by atoms with Gasteiger partial charge in [0.2, 0.25) is 0 Å². The van der Waals surface area contributed by atoms with Gasteiger partial charge >= 0.3 is 0 Å². The molecule has 3 nitrogen and oxygen atoms in total. The van der Waals surface area contributed by atoms with Crippen molar-refractivity contribution >= 4 is 0 Å². The highest BCUT2D eigenvalue weighted by molar-refractivity contribution is 5.03. The highest BCUT2D eigenvalue weighted by Crippen LogP contribution is 2.18. The largest absolute Gasteiger partial charge is 0.333 e. The second-order valence-corrected chi connectivity index (χ2v) is 4.68. The molecule has 0 fully saturated rings. The third-order valence-electron chi connectivity index (χ3n) is 3.21. The normalized spacial score (nSPS) is 15.0. The summed E-state index contributed by atoms with van der Waals surface area (Å²) in [4.78, 5) is 4.19. The first-order valence-electron chi connectivity index (χ1n) is 6.44. The van der Waals surface area contributed by atoms with Crippen molar-refractivity contribution in [2.24, 2.45) is 11.7 Å². The van der Waals surface area contributed by atoms with E-state index >= 15 is 0 Å². The Balaban J connectivity index is 2.59. The van der Waals surface area contributed by atoms with Crippen molar-refractivity contribution in [1.29, 1.82) is 0 Å². The predicted octanol–water partition coefficient (Wildman–Crippen LogP) is 3.12. The first-order chi connectivity index (χ1) is 7.69. The lowest BCUT2D eigenvalue weighted by Gasteiger charge is -2.18. The Bertz CT molecular complexity index is 291. The third kappa shape index (κ3) is 3.63. The van der Waals surface area contributed by atoms with Gasteiger partial charge in [-0.1, -0.05) is 33.1 Å². The van der Waals surface area contributed by atoms with Gasteiger partial charge < -0.3 is 10.3 Å². The quantitative estimate of drug-likeness (QED) is 0.772. The number of nitrogens with two attached hydrogens (primary N) is 1. The smallest absolute Gasteiger partial charge is 0.0948 e. The summed E-state index contributed by atoms with van der Waals surface area (Å²) in [6.07, 6.45) is 8.94. The second kappa shape index (κ2) is 6.69. The number of unbranched alkanes of at least 4 members (excludes halogenated alkanes) is 1. The van der Waals surface area contributed by atoms with E-state index in [4.69, 9.17) is 5.73 Å². The van der Waals surface area contributed by atoms with Crippen LogP contribution in [0.2, 0.25) is 0 Å². The standard InChI is InChI=1S/C13H25N3/c1-4-6-7-12(5-2)9-16-10-15-8-13(16)11(3)14/h8,10-12H,4-7,9,14H2,1-3H3. The highest BCUT2D eigenvalue weighted by atomic mass is 15.1. The van der Waals surface area contributed by atoms with E-state index < -0.39 is 0 Å². The number of rotatable bonds is 7. The van der Waals surface area contributed by atoms with Gasteiger partial charge in [0, 0.05) is 18.8 Å². The minimum absolute atomic E-state index is 0.0752. The number of hydrogen-bond donors (Lipinski definition) is 1. The molecule has 2 atom stereocenters. The van der Waals surface area contributed by atoms with E-state index in [1.54, 1.807) is 0 Å². The number of imidazole rings is 1. The Morgan fingerprint density at radius 2 is 2.19 bits per heavy atom. The molecule has 0 aliphatic rings. The van der Waals surface area contributed by atoms with Crippen LogP contribution in [0.3, 0.4) is 0 Å². The lowest BCUT2D eigenvalue weighted by molar-refractivity contribution is 0.382. The molecule has 0 aliphatic heterocycles. The summed E-state index contributed by atoms with van der Waals surface area (Å²) in [6, 6.07) is 0.0752. The molecule has 0 saturated heterocycles. The van der Waals surface area contributed by atoms with Crippen LogP contribution in [-0.4, -0.2) is 9.55 Å². The molecule has 2 unspecified atom stereocenters. The van der Waals surface area contributed by atoms with Crippen molar-refractivity contribution in [2.75, 3.05) is 0 Å². The van der Waals surface area contributed by atoms with Gasteiger partial charge in [0.05, 0.1) is 12.0 Å². The molecule has 16 heavy (non-hydrogen) atoms. The van der Waals surface area contributed by atoms with E-state index in [9.17, 15) is 0 Å². The highest BCUT2D eigenvalue weighted by Gasteiger charge is 2.11. The Kier molecular flexibility index (Phi) is 5.53. The summed E-state index contributed by atoms with van der Waals surface area (Å²) < 4.78 is 2.22. The fourth-order valence-corrected chi connectivity index (χ4v) is 2.06. The maximum atomic E-state index is 5.92. The molecule has 0 radical (unpaired) electrons. The van der Waals surface area contributed by atoms with Crippen LogP contribution in [0, 0.1) is 5.92 Å². The minimum atomic E-state index is 0.0752. The summed E-state index contributed by atoms with van der Waals surface area (Å²) in [7, 11) is 0. The van der Waals surface area contributed by atoms with Crippen molar-refractivity contribution in [3.63, 3.8) is 0 Å². The zero-order valence-corrected chi connectivity index (χ0v) is 10.8. The molecule has 0 bridgehead atoms. The van der Waals surface area contributed by atoms with Crippen LogP contribution in [0.4, 0.5) is 0 Å². The zero-order chi connectivity index (χ0) is 12.0. The van der Waals surface area contributed by atoms with Gasteiger partial charge in [-0.25, -0.2) is 4.98 Å². The fourth-order valence-electron chi connectivity index (χ4n) is 2.06. The monoisotopic (exact) mass is 223 g/mol. The van der Waals surface area contributed by atoms with Crippen LogP contribution in [0.1, 0.15) is 58.2 Å². The van der Waals surface area contributed by atoms with Crippen LogP contribution >= 0.6 is 0 Å². The fraction of sp³-hybridized carbons (Fsp3) is 0.769. The van der Waals surface area contributed by atoms with Crippen LogP contribution in [0.5, 0.6) is 0 Å². The van der Waals surface area contributed by atoms with Crippen LogP contribution < -0.4 is 5.73 Å². The third-order valence-corrected chi connectivity index (χ3v) is 3.21. The van der Waals surface area contributed by atoms with E-state index in [-0.39, 0.29) is 6.04 Å². The lowest BCUT2D eigenvalue weighted by Crippen LogP contribution is -2.16.